The molecule has 2 aromatic heterocycles. The molecule has 2 heterocycles. The number of rotatable bonds is 6. The molecule has 0 saturated carbocycles. The number of benzene rings is 3. The Hall–Kier alpha value is -4.51. The minimum atomic E-state index is -0.522. The van der Waals surface area contributed by atoms with Crippen LogP contribution in [0, 0.1) is 17.0 Å². The summed E-state index contributed by atoms with van der Waals surface area (Å²) < 4.78 is 3.28. The van der Waals surface area contributed by atoms with Crippen LogP contribution in [-0.4, -0.2) is 35.7 Å². The lowest BCUT2D eigenvalue weighted by atomic mass is 10.2. The van der Waals surface area contributed by atoms with Crippen LogP contribution in [0.15, 0.2) is 82.7 Å². The first-order valence-corrected chi connectivity index (χ1v) is 11.5. The van der Waals surface area contributed by atoms with Gasteiger partial charge in [-0.2, -0.15) is 0 Å². The van der Waals surface area contributed by atoms with Crippen molar-refractivity contribution < 1.29 is 9.72 Å². The number of aromatic nitrogens is 4. The van der Waals surface area contributed by atoms with Crippen LogP contribution < -0.4 is 10.9 Å². The van der Waals surface area contributed by atoms with E-state index in [9.17, 15) is 19.7 Å². The fourth-order valence-corrected chi connectivity index (χ4v) is 4.57. The fourth-order valence-electron chi connectivity index (χ4n) is 3.83. The van der Waals surface area contributed by atoms with E-state index in [0.29, 0.717) is 33.2 Å². The Morgan fingerprint density at radius 3 is 2.63 bits per heavy atom. The molecule has 0 bridgehead atoms. The third kappa shape index (κ3) is 4.13. The lowest BCUT2D eigenvalue weighted by molar-refractivity contribution is -0.384. The third-order valence-corrected chi connectivity index (χ3v) is 6.35. The number of nitrogens with zero attached hydrogens (tertiary/aromatic N) is 5. The predicted molar refractivity (Wildman–Crippen MR) is 133 cm³/mol. The maximum Gasteiger partial charge on any atom is 0.271 e. The summed E-state index contributed by atoms with van der Waals surface area (Å²) in [5.41, 5.74) is 2.23. The molecule has 0 aliphatic carbocycles. The number of anilines is 1. The van der Waals surface area contributed by atoms with Crippen molar-refractivity contribution in [3.05, 3.63) is 98.8 Å². The summed E-state index contributed by atoms with van der Waals surface area (Å²) in [6.45, 7) is 1.91. The summed E-state index contributed by atoms with van der Waals surface area (Å²) in [6.07, 6.45) is 0. The van der Waals surface area contributed by atoms with E-state index in [0.717, 1.165) is 17.3 Å². The smallest absolute Gasteiger partial charge is 0.271 e. The molecule has 5 aromatic rings. The van der Waals surface area contributed by atoms with Crippen molar-refractivity contribution in [2.24, 2.45) is 0 Å². The summed E-state index contributed by atoms with van der Waals surface area (Å²) >= 11 is 1.15. The molecule has 0 aliphatic rings. The Morgan fingerprint density at radius 1 is 1.06 bits per heavy atom. The van der Waals surface area contributed by atoms with E-state index < -0.39 is 4.92 Å². The van der Waals surface area contributed by atoms with Gasteiger partial charge in [0.25, 0.3) is 11.2 Å². The zero-order chi connectivity index (χ0) is 24.5. The molecular weight excluding hydrogens is 468 g/mol. The lowest BCUT2D eigenvalue weighted by Crippen LogP contribution is -2.22. The monoisotopic (exact) mass is 486 g/mol. The average molecular weight is 487 g/mol. The first kappa shape index (κ1) is 22.3. The number of nitrogens with one attached hydrogen (secondary N) is 1. The van der Waals surface area contributed by atoms with Gasteiger partial charge < -0.3 is 5.32 Å². The fraction of sp³-hybridized carbons (Fsp3) is 0.0833. The highest BCUT2D eigenvalue weighted by Crippen LogP contribution is 2.24. The third-order valence-electron chi connectivity index (χ3n) is 5.42. The topological polar surface area (TPSA) is 124 Å². The first-order chi connectivity index (χ1) is 16.9. The molecular formula is C24H18N6O4S. The van der Waals surface area contributed by atoms with Gasteiger partial charge >= 0.3 is 0 Å². The van der Waals surface area contributed by atoms with E-state index in [1.54, 1.807) is 22.6 Å². The van der Waals surface area contributed by atoms with Gasteiger partial charge in [0, 0.05) is 17.8 Å². The van der Waals surface area contributed by atoms with Gasteiger partial charge in [0.2, 0.25) is 11.7 Å². The maximum absolute atomic E-state index is 13.4. The number of thioether (sulfide) groups is 1. The average Bonchev–Trinajstić information content (AvgIpc) is 3.28. The Bertz CT molecular complexity index is 1680. The number of carbonyl (C=O) groups excluding carboxylic acids is 1. The lowest BCUT2D eigenvalue weighted by Gasteiger charge is -2.13. The van der Waals surface area contributed by atoms with Crippen LogP contribution >= 0.6 is 11.8 Å². The number of fused-ring (bicyclic) bond motifs is 3. The minimum Gasteiger partial charge on any atom is -0.325 e. The van der Waals surface area contributed by atoms with Crippen LogP contribution in [0.3, 0.4) is 0 Å². The molecule has 0 atom stereocenters. The summed E-state index contributed by atoms with van der Waals surface area (Å²) in [7, 11) is 0. The second-order valence-corrected chi connectivity index (χ2v) is 8.65. The van der Waals surface area contributed by atoms with Crippen molar-refractivity contribution in [2.75, 3.05) is 11.1 Å². The second-order valence-electron chi connectivity index (χ2n) is 7.71. The van der Waals surface area contributed by atoms with Gasteiger partial charge in [0.15, 0.2) is 5.16 Å². The molecule has 0 fully saturated rings. The Kier molecular flexibility index (Phi) is 5.75. The SMILES string of the molecule is Cc1ccccc1-n1c(=O)c2ccccc2n2c(SCC(=O)Nc3cccc([N+](=O)[O-])c3)nnc12. The van der Waals surface area contributed by atoms with Crippen LogP contribution in [0.25, 0.3) is 22.4 Å². The molecule has 0 unspecified atom stereocenters. The molecule has 174 valence electrons. The highest BCUT2D eigenvalue weighted by molar-refractivity contribution is 7.99. The molecule has 3 aromatic carbocycles. The second kappa shape index (κ2) is 9.03. The number of nitro benzene ring substituents is 1. The Balaban J connectivity index is 1.52. The number of hydrogen-bond donors (Lipinski definition) is 1. The maximum atomic E-state index is 13.4. The Morgan fingerprint density at radius 2 is 1.83 bits per heavy atom. The molecule has 10 nitrogen and oxygen atoms in total. The molecule has 1 N–H and O–H groups in total. The molecule has 35 heavy (non-hydrogen) atoms. The summed E-state index contributed by atoms with van der Waals surface area (Å²) in [4.78, 5) is 36.4. The zero-order valence-electron chi connectivity index (χ0n) is 18.4. The highest BCUT2D eigenvalue weighted by Gasteiger charge is 2.19. The number of para-hydroxylation sites is 2. The molecule has 0 radical (unpaired) electrons. The van der Waals surface area contributed by atoms with Gasteiger partial charge in [0.05, 0.1) is 27.3 Å². The van der Waals surface area contributed by atoms with E-state index in [1.807, 2.05) is 43.3 Å². The van der Waals surface area contributed by atoms with Gasteiger partial charge in [-0.3, -0.25) is 24.1 Å². The van der Waals surface area contributed by atoms with E-state index in [4.69, 9.17) is 0 Å². The quantitative estimate of drug-likeness (QED) is 0.219. The van der Waals surface area contributed by atoms with Crippen LogP contribution in [0.2, 0.25) is 0 Å². The predicted octanol–water partition coefficient (Wildman–Crippen LogP) is 3.98. The van der Waals surface area contributed by atoms with Crippen molar-refractivity contribution in [1.82, 2.24) is 19.2 Å². The number of hydrogen-bond acceptors (Lipinski definition) is 7. The zero-order valence-corrected chi connectivity index (χ0v) is 19.2. The van der Waals surface area contributed by atoms with Gasteiger partial charge in [-0.15, -0.1) is 10.2 Å². The van der Waals surface area contributed by atoms with Crippen molar-refractivity contribution in [3.8, 4) is 5.69 Å². The Labute approximate surface area is 202 Å². The van der Waals surface area contributed by atoms with Crippen molar-refractivity contribution >= 4 is 45.7 Å². The first-order valence-electron chi connectivity index (χ1n) is 10.6. The number of aryl methyl sites for hydroxylation is 1. The standard InChI is InChI=1S/C24H18N6O4S/c1-15-7-2-4-11-19(15)28-22(32)18-10-3-5-12-20(18)29-23(28)26-27-24(29)35-14-21(31)25-16-8-6-9-17(13-16)30(33)34/h2-13H,14H2,1H3,(H,25,31). The van der Waals surface area contributed by atoms with Crippen LogP contribution in [0.4, 0.5) is 11.4 Å². The molecule has 5 rings (SSSR count). The summed E-state index contributed by atoms with van der Waals surface area (Å²) in [5.74, 6) is -0.0326. The number of carbonyl (C=O) groups is 1. The van der Waals surface area contributed by atoms with Gasteiger partial charge in [0.1, 0.15) is 0 Å². The minimum absolute atomic E-state index is 0.0126. The van der Waals surface area contributed by atoms with Crippen molar-refractivity contribution in [3.63, 3.8) is 0 Å². The van der Waals surface area contributed by atoms with Gasteiger partial charge in [-0.05, 0) is 36.8 Å². The molecule has 1 amide bonds. The van der Waals surface area contributed by atoms with Crippen molar-refractivity contribution in [1.29, 1.82) is 0 Å². The van der Waals surface area contributed by atoms with E-state index in [2.05, 4.69) is 15.5 Å². The van der Waals surface area contributed by atoms with Gasteiger partial charge in [-0.25, -0.2) is 4.57 Å². The molecule has 0 saturated heterocycles. The van der Waals surface area contributed by atoms with Crippen LogP contribution in [-0.2, 0) is 4.79 Å². The number of amides is 1. The molecule has 0 aliphatic heterocycles. The van der Waals surface area contributed by atoms with E-state index in [1.165, 1.54) is 22.8 Å². The largest absolute Gasteiger partial charge is 0.325 e. The van der Waals surface area contributed by atoms with Crippen molar-refractivity contribution in [2.45, 2.75) is 12.1 Å². The molecule has 11 heteroatoms. The molecule has 0 spiro atoms. The van der Waals surface area contributed by atoms with E-state index >= 15 is 0 Å². The number of nitro groups is 1. The van der Waals surface area contributed by atoms with Gasteiger partial charge in [-0.1, -0.05) is 48.2 Å². The normalized spacial score (nSPS) is 11.1. The number of non-ortho nitro benzene ring substituents is 1. The van der Waals surface area contributed by atoms with E-state index in [-0.39, 0.29) is 22.9 Å². The summed E-state index contributed by atoms with van der Waals surface area (Å²) in [6, 6.07) is 20.4. The summed E-state index contributed by atoms with van der Waals surface area (Å²) in [5, 5.41) is 23.1. The van der Waals surface area contributed by atoms with Crippen LogP contribution in [0.5, 0.6) is 0 Å². The highest BCUT2D eigenvalue weighted by atomic mass is 32.2. The van der Waals surface area contributed by atoms with Crippen LogP contribution in [0.1, 0.15) is 5.56 Å².